The molecule has 1 amide bonds. The zero-order chi connectivity index (χ0) is 16.1. The van der Waals surface area contributed by atoms with E-state index in [2.05, 4.69) is 10.3 Å². The van der Waals surface area contributed by atoms with Gasteiger partial charge in [-0.15, -0.1) is 0 Å². The van der Waals surface area contributed by atoms with E-state index in [9.17, 15) is 4.79 Å². The Balaban J connectivity index is 1.97. The lowest BCUT2D eigenvalue weighted by atomic mass is 10.1. The van der Waals surface area contributed by atoms with E-state index in [-0.39, 0.29) is 11.9 Å². The van der Waals surface area contributed by atoms with Crippen molar-refractivity contribution in [3.63, 3.8) is 0 Å². The number of nitrogens with one attached hydrogen (secondary N) is 1. The maximum absolute atomic E-state index is 12.2. The number of aromatic nitrogens is 1. The van der Waals surface area contributed by atoms with Gasteiger partial charge in [0.1, 0.15) is 5.75 Å². The van der Waals surface area contributed by atoms with Crippen LogP contribution >= 0.6 is 23.2 Å². The van der Waals surface area contributed by atoms with E-state index in [4.69, 9.17) is 27.9 Å². The minimum absolute atomic E-state index is 0.159. The lowest BCUT2D eigenvalue weighted by Crippen LogP contribution is -2.37. The highest BCUT2D eigenvalue weighted by Crippen LogP contribution is 2.28. The number of carbonyl (C=O) groups excluding carboxylic acids is 1. The zero-order valence-corrected chi connectivity index (χ0v) is 13.7. The molecule has 2 rings (SSSR count). The number of hydrogen-bond donors (Lipinski definition) is 1. The highest BCUT2D eigenvalue weighted by Gasteiger charge is 2.18. The van der Waals surface area contributed by atoms with Crippen LogP contribution in [0, 0.1) is 0 Å². The van der Waals surface area contributed by atoms with Crippen LogP contribution in [0.2, 0.25) is 10.0 Å². The summed E-state index contributed by atoms with van der Waals surface area (Å²) in [5.74, 6) is 0.185. The van der Waals surface area contributed by atoms with Crippen LogP contribution in [-0.2, 0) is 4.79 Å². The molecule has 0 bridgehead atoms. The summed E-state index contributed by atoms with van der Waals surface area (Å²) in [4.78, 5) is 16.2. The van der Waals surface area contributed by atoms with E-state index in [0.717, 1.165) is 5.56 Å². The fraction of sp³-hybridized carbons (Fsp3) is 0.250. The fourth-order valence-corrected chi connectivity index (χ4v) is 2.31. The molecule has 1 N–H and O–H groups in total. The molecule has 0 saturated heterocycles. The lowest BCUT2D eigenvalue weighted by molar-refractivity contribution is -0.127. The van der Waals surface area contributed by atoms with Crippen LogP contribution in [-0.4, -0.2) is 17.0 Å². The molecule has 0 saturated carbocycles. The van der Waals surface area contributed by atoms with Gasteiger partial charge in [0.05, 0.1) is 11.1 Å². The third kappa shape index (κ3) is 4.36. The van der Waals surface area contributed by atoms with Gasteiger partial charge in [0.25, 0.3) is 5.91 Å². The minimum atomic E-state index is -0.683. The Kier molecular flexibility index (Phi) is 5.63. The Morgan fingerprint density at radius 1 is 1.27 bits per heavy atom. The molecule has 0 radical (unpaired) electrons. The maximum atomic E-state index is 12.2. The summed E-state index contributed by atoms with van der Waals surface area (Å²) in [5, 5.41) is 3.76. The minimum Gasteiger partial charge on any atom is -0.479 e. The van der Waals surface area contributed by atoms with E-state index in [1.165, 1.54) is 0 Å². The number of halogens is 2. The molecule has 1 aromatic heterocycles. The summed E-state index contributed by atoms with van der Waals surface area (Å²) < 4.78 is 5.58. The van der Waals surface area contributed by atoms with Gasteiger partial charge in [-0.1, -0.05) is 29.3 Å². The van der Waals surface area contributed by atoms with Crippen molar-refractivity contribution in [1.29, 1.82) is 0 Å². The maximum Gasteiger partial charge on any atom is 0.261 e. The number of rotatable bonds is 5. The Morgan fingerprint density at radius 3 is 2.68 bits per heavy atom. The van der Waals surface area contributed by atoms with Crippen molar-refractivity contribution < 1.29 is 9.53 Å². The molecule has 0 aliphatic carbocycles. The van der Waals surface area contributed by atoms with Gasteiger partial charge in [-0.2, -0.15) is 0 Å². The topological polar surface area (TPSA) is 51.2 Å². The second kappa shape index (κ2) is 7.47. The molecule has 2 unspecified atom stereocenters. The molecule has 0 spiro atoms. The van der Waals surface area contributed by atoms with Crippen LogP contribution in [0.3, 0.4) is 0 Å². The highest BCUT2D eigenvalue weighted by atomic mass is 35.5. The summed E-state index contributed by atoms with van der Waals surface area (Å²) >= 11 is 11.9. The molecule has 2 aromatic rings. The van der Waals surface area contributed by atoms with Crippen LogP contribution in [0.4, 0.5) is 0 Å². The quantitative estimate of drug-likeness (QED) is 0.895. The summed E-state index contributed by atoms with van der Waals surface area (Å²) in [6.07, 6.45) is 2.72. The number of pyridine rings is 1. The van der Waals surface area contributed by atoms with Crippen LogP contribution < -0.4 is 10.1 Å². The fourth-order valence-electron chi connectivity index (χ4n) is 1.86. The van der Waals surface area contributed by atoms with Crippen LogP contribution in [0.1, 0.15) is 25.5 Å². The summed E-state index contributed by atoms with van der Waals surface area (Å²) in [5.41, 5.74) is 0.924. The van der Waals surface area contributed by atoms with Gasteiger partial charge < -0.3 is 10.1 Å². The molecule has 4 nitrogen and oxygen atoms in total. The number of hydrogen-bond acceptors (Lipinski definition) is 3. The molecule has 1 heterocycles. The predicted octanol–water partition coefficient (Wildman–Crippen LogP) is 4.03. The third-order valence-electron chi connectivity index (χ3n) is 3.11. The van der Waals surface area contributed by atoms with Crippen molar-refractivity contribution in [2.75, 3.05) is 0 Å². The molecule has 2 atom stereocenters. The highest BCUT2D eigenvalue weighted by molar-refractivity contribution is 6.35. The average Bonchev–Trinajstić information content (AvgIpc) is 2.50. The van der Waals surface area contributed by atoms with Crippen molar-refractivity contribution in [2.45, 2.75) is 26.0 Å². The summed E-state index contributed by atoms with van der Waals surface area (Å²) in [6.45, 7) is 3.55. The lowest BCUT2D eigenvalue weighted by Gasteiger charge is -2.19. The third-order valence-corrected chi connectivity index (χ3v) is 3.64. The largest absolute Gasteiger partial charge is 0.479 e. The SMILES string of the molecule is CC(Oc1ccc(Cl)cc1Cl)C(=O)NC(C)c1cccnc1. The smallest absolute Gasteiger partial charge is 0.261 e. The summed E-state index contributed by atoms with van der Waals surface area (Å²) in [6, 6.07) is 8.43. The first-order valence-electron chi connectivity index (χ1n) is 6.79. The molecule has 6 heteroatoms. The van der Waals surface area contributed by atoms with Gasteiger partial charge in [-0.3, -0.25) is 9.78 Å². The van der Waals surface area contributed by atoms with Crippen LogP contribution in [0.5, 0.6) is 5.75 Å². The van der Waals surface area contributed by atoms with Crippen LogP contribution in [0.15, 0.2) is 42.7 Å². The number of ether oxygens (including phenoxy) is 1. The number of amides is 1. The van der Waals surface area contributed by atoms with Gasteiger partial charge in [0, 0.05) is 17.4 Å². The first-order chi connectivity index (χ1) is 10.5. The van der Waals surface area contributed by atoms with E-state index < -0.39 is 6.10 Å². The molecule has 0 aliphatic rings. The average molecular weight is 339 g/mol. The van der Waals surface area contributed by atoms with Crippen LogP contribution in [0.25, 0.3) is 0 Å². The van der Waals surface area contributed by atoms with Crippen molar-refractivity contribution in [3.05, 3.63) is 58.3 Å². The molecule has 0 aliphatic heterocycles. The monoisotopic (exact) mass is 338 g/mol. The normalized spacial score (nSPS) is 13.3. The number of benzene rings is 1. The van der Waals surface area contributed by atoms with Crippen molar-refractivity contribution in [2.24, 2.45) is 0 Å². The van der Waals surface area contributed by atoms with Crippen molar-refractivity contribution in [1.82, 2.24) is 10.3 Å². The van der Waals surface area contributed by atoms with E-state index in [1.807, 2.05) is 19.1 Å². The Hall–Kier alpha value is -1.78. The first kappa shape index (κ1) is 16.6. The Labute approximate surface area is 139 Å². The number of nitrogens with zero attached hydrogens (tertiary/aromatic N) is 1. The Morgan fingerprint density at radius 2 is 2.05 bits per heavy atom. The van der Waals surface area contributed by atoms with Gasteiger partial charge in [0.2, 0.25) is 0 Å². The van der Waals surface area contributed by atoms with Gasteiger partial charge >= 0.3 is 0 Å². The Bertz CT molecular complexity index is 650. The zero-order valence-electron chi connectivity index (χ0n) is 12.2. The molecule has 116 valence electrons. The molecule has 0 fully saturated rings. The van der Waals surface area contributed by atoms with E-state index >= 15 is 0 Å². The second-order valence-electron chi connectivity index (χ2n) is 4.85. The van der Waals surface area contributed by atoms with Crippen molar-refractivity contribution in [3.8, 4) is 5.75 Å². The van der Waals surface area contributed by atoms with Gasteiger partial charge in [-0.25, -0.2) is 0 Å². The van der Waals surface area contributed by atoms with Gasteiger partial charge in [-0.05, 0) is 43.7 Å². The van der Waals surface area contributed by atoms with Gasteiger partial charge in [0.15, 0.2) is 6.10 Å². The molecule has 1 aromatic carbocycles. The second-order valence-corrected chi connectivity index (χ2v) is 5.70. The molecular formula is C16H16Cl2N2O2. The number of carbonyl (C=O) groups is 1. The first-order valence-corrected chi connectivity index (χ1v) is 7.55. The van der Waals surface area contributed by atoms with Crippen molar-refractivity contribution >= 4 is 29.1 Å². The molecular weight excluding hydrogens is 323 g/mol. The standard InChI is InChI=1S/C16H16Cl2N2O2/c1-10(12-4-3-7-19-9-12)20-16(21)11(2)22-15-6-5-13(17)8-14(15)18/h3-11H,1-2H3,(H,20,21). The van der Waals surface area contributed by atoms with E-state index in [1.54, 1.807) is 37.5 Å². The molecule has 22 heavy (non-hydrogen) atoms. The van der Waals surface area contributed by atoms with E-state index in [0.29, 0.717) is 15.8 Å². The summed E-state index contributed by atoms with van der Waals surface area (Å²) in [7, 11) is 0. The predicted molar refractivity (Wildman–Crippen MR) is 87.3 cm³/mol.